The fourth-order valence-electron chi connectivity index (χ4n) is 5.73. The van der Waals surface area contributed by atoms with Gasteiger partial charge in [-0.1, -0.05) is 92.7 Å². The summed E-state index contributed by atoms with van der Waals surface area (Å²) in [4.78, 5) is 49.4. The molecule has 5 rings (SSSR count). The van der Waals surface area contributed by atoms with Crippen LogP contribution in [0.4, 0.5) is 0 Å². The van der Waals surface area contributed by atoms with Crippen LogP contribution in [0.2, 0.25) is 0 Å². The van der Waals surface area contributed by atoms with Gasteiger partial charge in [0.15, 0.2) is 0 Å². The second-order valence-electron chi connectivity index (χ2n) is 12.6. The monoisotopic (exact) mass is 624 g/mol. The number of rotatable bonds is 10. The lowest BCUT2D eigenvalue weighted by atomic mass is 9.96. The van der Waals surface area contributed by atoms with Gasteiger partial charge in [-0.05, 0) is 43.0 Å². The minimum Gasteiger partial charge on any atom is -0.370 e. The van der Waals surface area contributed by atoms with Gasteiger partial charge >= 0.3 is 0 Å². The highest BCUT2D eigenvalue weighted by molar-refractivity contribution is 8.15. The van der Waals surface area contributed by atoms with Crippen LogP contribution in [0.25, 0.3) is 5.70 Å². The molecular formula is C36H40N4O4S. The third-order valence-corrected chi connectivity index (χ3v) is 9.01. The number of amides is 3. The van der Waals surface area contributed by atoms with Gasteiger partial charge in [-0.2, -0.15) is 0 Å². The summed E-state index contributed by atoms with van der Waals surface area (Å²) in [6.07, 6.45) is 1.99. The minimum absolute atomic E-state index is 0.0858. The standard InChI is InChI=1S/C36H40N4O4S/c1-25(2)32-34(43)39(29(27-16-10-6-11-17-27)22-40(32)33(42)28-18-12-7-13-19-28)23-30(41)38-36(44,20-26-14-8-5-9-15-26)21-31-37-24-35(3,4)45-31/h5-19,22,25,32,44H,20-21,23-24H2,1-4H3,(H,38,41)/t32?,36-/m0/s1. The fraction of sp³-hybridized carbons (Fsp3) is 0.333. The van der Waals surface area contributed by atoms with Crippen molar-refractivity contribution in [2.75, 3.05) is 13.1 Å². The Hall–Kier alpha value is -4.21. The molecule has 3 aromatic carbocycles. The molecule has 2 heterocycles. The van der Waals surface area contributed by atoms with E-state index in [-0.39, 0.29) is 41.9 Å². The predicted octanol–water partition coefficient (Wildman–Crippen LogP) is 5.36. The summed E-state index contributed by atoms with van der Waals surface area (Å²) in [7, 11) is 0. The van der Waals surface area contributed by atoms with Crippen molar-refractivity contribution >= 4 is 40.2 Å². The van der Waals surface area contributed by atoms with Gasteiger partial charge in [0, 0.05) is 29.4 Å². The van der Waals surface area contributed by atoms with Gasteiger partial charge in [-0.15, -0.1) is 11.8 Å². The number of thioether (sulfide) groups is 1. The summed E-state index contributed by atoms with van der Waals surface area (Å²) in [5.74, 6) is -1.41. The maximum absolute atomic E-state index is 14.3. The Morgan fingerprint density at radius 1 is 0.978 bits per heavy atom. The fourth-order valence-corrected chi connectivity index (χ4v) is 6.94. The van der Waals surface area contributed by atoms with Gasteiger partial charge in [0.2, 0.25) is 5.91 Å². The molecule has 3 aromatic rings. The Morgan fingerprint density at radius 3 is 2.16 bits per heavy atom. The van der Waals surface area contributed by atoms with Crippen molar-refractivity contribution in [2.24, 2.45) is 10.9 Å². The average molecular weight is 625 g/mol. The minimum atomic E-state index is -1.63. The van der Waals surface area contributed by atoms with Crippen molar-refractivity contribution in [3.8, 4) is 0 Å². The van der Waals surface area contributed by atoms with Crippen LogP contribution in [-0.4, -0.2) is 67.3 Å². The number of carbonyl (C=O) groups is 3. The van der Waals surface area contributed by atoms with Crippen molar-refractivity contribution in [2.45, 2.75) is 57.1 Å². The lowest BCUT2D eigenvalue weighted by Crippen LogP contribution is -2.58. The van der Waals surface area contributed by atoms with Crippen molar-refractivity contribution in [3.05, 3.63) is 114 Å². The number of nitrogens with one attached hydrogen (secondary N) is 1. The summed E-state index contributed by atoms with van der Waals surface area (Å²) in [5.41, 5.74) is 0.809. The number of nitrogens with zero attached hydrogens (tertiary/aromatic N) is 3. The summed E-state index contributed by atoms with van der Waals surface area (Å²) >= 11 is 1.60. The van der Waals surface area contributed by atoms with Crippen LogP contribution in [0, 0.1) is 5.92 Å². The van der Waals surface area contributed by atoms with E-state index in [4.69, 9.17) is 0 Å². The van der Waals surface area contributed by atoms with Crippen LogP contribution in [0.5, 0.6) is 0 Å². The van der Waals surface area contributed by atoms with Crippen LogP contribution < -0.4 is 5.32 Å². The first-order chi connectivity index (χ1) is 21.4. The van der Waals surface area contributed by atoms with Crippen LogP contribution in [0.3, 0.4) is 0 Å². The summed E-state index contributed by atoms with van der Waals surface area (Å²) in [5, 5.41) is 15.6. The first-order valence-corrected chi connectivity index (χ1v) is 16.0. The third-order valence-electron chi connectivity index (χ3n) is 7.81. The van der Waals surface area contributed by atoms with Crippen molar-refractivity contribution < 1.29 is 19.5 Å². The maximum Gasteiger partial charge on any atom is 0.258 e. The first-order valence-electron chi connectivity index (χ1n) is 15.2. The molecular weight excluding hydrogens is 584 g/mol. The molecule has 0 bridgehead atoms. The van der Waals surface area contributed by atoms with E-state index in [1.807, 2.05) is 80.6 Å². The number of aliphatic hydroxyl groups is 1. The Morgan fingerprint density at radius 2 is 1.58 bits per heavy atom. The lowest BCUT2D eigenvalue weighted by Gasteiger charge is -2.41. The Bertz CT molecular complexity index is 1590. The zero-order chi connectivity index (χ0) is 32.2. The Balaban J connectivity index is 1.46. The van der Waals surface area contributed by atoms with Gasteiger partial charge in [0.05, 0.1) is 17.3 Å². The van der Waals surface area contributed by atoms with Crippen LogP contribution >= 0.6 is 11.8 Å². The average Bonchev–Trinajstić information content (AvgIpc) is 3.35. The van der Waals surface area contributed by atoms with Crippen molar-refractivity contribution in [1.29, 1.82) is 0 Å². The lowest BCUT2D eigenvalue weighted by molar-refractivity contribution is -0.140. The normalized spacial score (nSPS) is 19.2. The number of carbonyl (C=O) groups excluding carboxylic acids is 3. The zero-order valence-electron chi connectivity index (χ0n) is 26.1. The molecule has 0 aromatic heterocycles. The van der Waals surface area contributed by atoms with E-state index >= 15 is 0 Å². The highest BCUT2D eigenvalue weighted by Gasteiger charge is 2.42. The number of hydrogen-bond acceptors (Lipinski definition) is 6. The topological polar surface area (TPSA) is 102 Å². The molecule has 0 saturated heterocycles. The Labute approximate surface area is 269 Å². The third kappa shape index (κ3) is 7.72. The van der Waals surface area contributed by atoms with Gasteiger partial charge in [0.25, 0.3) is 11.8 Å². The molecule has 0 radical (unpaired) electrons. The van der Waals surface area contributed by atoms with E-state index < -0.39 is 17.7 Å². The molecule has 2 aliphatic rings. The summed E-state index contributed by atoms with van der Waals surface area (Å²) in [6.45, 7) is 8.25. The van der Waals surface area contributed by atoms with Gasteiger partial charge in [-0.3, -0.25) is 24.3 Å². The van der Waals surface area contributed by atoms with E-state index in [1.165, 1.54) is 9.80 Å². The van der Waals surface area contributed by atoms with E-state index in [9.17, 15) is 19.5 Å². The predicted molar refractivity (Wildman–Crippen MR) is 179 cm³/mol. The molecule has 45 heavy (non-hydrogen) atoms. The first kappa shape index (κ1) is 32.2. The van der Waals surface area contributed by atoms with Crippen LogP contribution in [0.15, 0.2) is 102 Å². The summed E-state index contributed by atoms with van der Waals surface area (Å²) < 4.78 is -0.0858. The molecule has 0 spiro atoms. The molecule has 0 fully saturated rings. The zero-order valence-corrected chi connectivity index (χ0v) is 27.0. The smallest absolute Gasteiger partial charge is 0.258 e. The van der Waals surface area contributed by atoms with E-state index in [2.05, 4.69) is 24.2 Å². The quantitative estimate of drug-likeness (QED) is 0.296. The van der Waals surface area contributed by atoms with Crippen LogP contribution in [-0.2, 0) is 16.0 Å². The van der Waals surface area contributed by atoms with Gasteiger partial charge < -0.3 is 15.3 Å². The SMILES string of the molecule is CC(C)C1C(=O)N(CC(=O)N[C@@](O)(CC2=NCC(C)(C)S2)Cc2ccccc2)C(c2ccccc2)=CN1C(=O)c1ccccc1. The summed E-state index contributed by atoms with van der Waals surface area (Å²) in [6, 6.07) is 26.8. The molecule has 8 nitrogen and oxygen atoms in total. The largest absolute Gasteiger partial charge is 0.370 e. The molecule has 3 amide bonds. The molecule has 2 atom stereocenters. The molecule has 9 heteroatoms. The number of benzene rings is 3. The number of aliphatic imine (C=N–C) groups is 1. The van der Waals surface area contributed by atoms with Crippen LogP contribution in [0.1, 0.15) is 55.6 Å². The maximum atomic E-state index is 14.3. The van der Waals surface area contributed by atoms with Gasteiger partial charge in [-0.25, -0.2) is 0 Å². The van der Waals surface area contributed by atoms with E-state index in [1.54, 1.807) is 42.2 Å². The van der Waals surface area contributed by atoms with E-state index in [0.717, 1.165) is 10.6 Å². The highest BCUT2D eigenvalue weighted by atomic mass is 32.2. The van der Waals surface area contributed by atoms with Crippen molar-refractivity contribution in [1.82, 2.24) is 15.1 Å². The van der Waals surface area contributed by atoms with E-state index in [0.29, 0.717) is 23.4 Å². The Kier molecular flexibility index (Phi) is 9.60. The second-order valence-corrected chi connectivity index (χ2v) is 14.3. The molecule has 234 valence electrons. The van der Waals surface area contributed by atoms with Gasteiger partial charge in [0.1, 0.15) is 18.3 Å². The molecule has 2 aliphatic heterocycles. The van der Waals surface area contributed by atoms with Crippen molar-refractivity contribution in [3.63, 3.8) is 0 Å². The second kappa shape index (κ2) is 13.4. The highest BCUT2D eigenvalue weighted by Crippen LogP contribution is 2.36. The molecule has 2 N–H and O–H groups in total. The molecule has 1 unspecified atom stereocenters. The number of hydrogen-bond donors (Lipinski definition) is 2. The molecule has 0 aliphatic carbocycles. The molecule has 0 saturated carbocycles.